The van der Waals surface area contributed by atoms with Crippen molar-refractivity contribution in [3.8, 4) is 6.07 Å². The highest BCUT2D eigenvalue weighted by Gasteiger charge is 2.40. The summed E-state index contributed by atoms with van der Waals surface area (Å²) < 4.78 is 21.7. The molecule has 2 aliphatic rings. The molecule has 0 aromatic heterocycles. The fourth-order valence-electron chi connectivity index (χ4n) is 5.30. The Kier molecular flexibility index (Phi) is 12.4. The van der Waals surface area contributed by atoms with Crippen molar-refractivity contribution in [1.29, 1.82) is 5.26 Å². The molecule has 2 aromatic rings. The number of imide groups is 1. The Morgan fingerprint density at radius 1 is 0.980 bits per heavy atom. The third-order valence-electron chi connectivity index (χ3n) is 7.67. The normalized spacial score (nSPS) is 17.2. The first-order valence-corrected chi connectivity index (χ1v) is 16.6. The van der Waals surface area contributed by atoms with Crippen LogP contribution in [-0.2, 0) is 46.3 Å². The minimum absolute atomic E-state index is 0.0316. The first kappa shape index (κ1) is 38.8. The number of hydrogen-bond acceptors (Lipinski definition) is 11. The summed E-state index contributed by atoms with van der Waals surface area (Å²) in [6, 6.07) is 13.1. The Morgan fingerprint density at radius 2 is 1.63 bits per heavy atom. The molecule has 15 heteroatoms. The maximum absolute atomic E-state index is 13.5. The van der Waals surface area contributed by atoms with E-state index >= 15 is 0 Å². The molecule has 4 rings (SSSR count). The topological polar surface area (TPSA) is 188 Å². The van der Waals surface area contributed by atoms with E-state index in [1.54, 1.807) is 70.7 Å². The van der Waals surface area contributed by atoms with E-state index in [-0.39, 0.29) is 42.3 Å². The van der Waals surface area contributed by atoms with Crippen molar-refractivity contribution in [3.05, 3.63) is 59.2 Å². The predicted molar refractivity (Wildman–Crippen MR) is 183 cm³/mol. The van der Waals surface area contributed by atoms with E-state index in [1.165, 1.54) is 23.1 Å². The van der Waals surface area contributed by atoms with Gasteiger partial charge in [0.05, 0.1) is 44.4 Å². The fraction of sp³-hybridized carbons (Fsp3) is 0.500. The van der Waals surface area contributed by atoms with Crippen molar-refractivity contribution in [1.82, 2.24) is 9.80 Å². The van der Waals surface area contributed by atoms with E-state index in [2.05, 4.69) is 5.32 Å². The number of aliphatic hydroxyl groups excluding tert-OH is 1. The SMILES string of the molecule is CC(C)(C)OC(=O)N(Cc1cc(NC(=O)[C@H](O)[C@H]2OCCN(c3cccc(CC(=O)N4CCOCC4)c3)C2=O)ccc1C#N)C(=O)OC(C)(C)C. The van der Waals surface area contributed by atoms with Crippen molar-refractivity contribution in [3.63, 3.8) is 0 Å². The molecule has 15 nitrogen and oxygen atoms in total. The van der Waals surface area contributed by atoms with Gasteiger partial charge in [0, 0.05) is 31.0 Å². The Bertz CT molecular complexity index is 1640. The molecular weight excluding hydrogens is 662 g/mol. The Balaban J connectivity index is 1.47. The molecule has 5 amide bonds. The number of nitrogens with zero attached hydrogens (tertiary/aromatic N) is 4. The van der Waals surface area contributed by atoms with Gasteiger partial charge < -0.3 is 39.2 Å². The zero-order chi connectivity index (χ0) is 37.5. The van der Waals surface area contributed by atoms with Gasteiger partial charge in [0.25, 0.3) is 11.8 Å². The van der Waals surface area contributed by atoms with E-state index in [9.17, 15) is 34.3 Å². The Labute approximate surface area is 297 Å². The molecule has 51 heavy (non-hydrogen) atoms. The van der Waals surface area contributed by atoms with Crippen molar-refractivity contribution in [2.24, 2.45) is 0 Å². The van der Waals surface area contributed by atoms with Crippen LogP contribution in [0.4, 0.5) is 21.0 Å². The predicted octanol–water partition coefficient (Wildman–Crippen LogP) is 3.36. The van der Waals surface area contributed by atoms with Crippen LogP contribution in [0.1, 0.15) is 58.2 Å². The van der Waals surface area contributed by atoms with Crippen LogP contribution in [-0.4, -0.2) is 108 Å². The lowest BCUT2D eigenvalue weighted by Gasteiger charge is -2.34. The third kappa shape index (κ3) is 10.7. The quantitative estimate of drug-likeness (QED) is 0.410. The summed E-state index contributed by atoms with van der Waals surface area (Å²) in [6.07, 6.45) is -5.33. The van der Waals surface area contributed by atoms with Gasteiger partial charge in [0.1, 0.15) is 11.2 Å². The summed E-state index contributed by atoms with van der Waals surface area (Å²) >= 11 is 0. The van der Waals surface area contributed by atoms with Gasteiger partial charge in [0.15, 0.2) is 12.2 Å². The van der Waals surface area contributed by atoms with Crippen LogP contribution in [0.25, 0.3) is 0 Å². The molecule has 0 saturated carbocycles. The maximum Gasteiger partial charge on any atom is 0.420 e. The second-order valence-electron chi connectivity index (χ2n) is 14.1. The molecule has 0 radical (unpaired) electrons. The minimum Gasteiger partial charge on any atom is -0.443 e. The number of benzene rings is 2. The highest BCUT2D eigenvalue weighted by Crippen LogP contribution is 2.25. The summed E-state index contributed by atoms with van der Waals surface area (Å²) in [5, 5.41) is 23.3. The van der Waals surface area contributed by atoms with Gasteiger partial charge in [-0.25, -0.2) is 14.5 Å². The highest BCUT2D eigenvalue weighted by atomic mass is 16.6. The van der Waals surface area contributed by atoms with Gasteiger partial charge in [-0.2, -0.15) is 5.26 Å². The monoisotopic (exact) mass is 707 g/mol. The van der Waals surface area contributed by atoms with E-state index in [1.807, 2.05) is 6.07 Å². The molecular formula is C36H45N5O10. The Morgan fingerprint density at radius 3 is 2.24 bits per heavy atom. The van der Waals surface area contributed by atoms with Gasteiger partial charge in [-0.3, -0.25) is 14.4 Å². The second-order valence-corrected chi connectivity index (χ2v) is 14.1. The summed E-state index contributed by atoms with van der Waals surface area (Å²) in [6.45, 7) is 11.6. The lowest BCUT2D eigenvalue weighted by atomic mass is 10.1. The minimum atomic E-state index is -1.93. The average Bonchev–Trinajstić information content (AvgIpc) is 3.06. The molecule has 0 spiro atoms. The summed E-state index contributed by atoms with van der Waals surface area (Å²) in [4.78, 5) is 69.5. The number of hydrogen-bond donors (Lipinski definition) is 2. The van der Waals surface area contributed by atoms with Crippen LogP contribution in [0.5, 0.6) is 0 Å². The first-order chi connectivity index (χ1) is 24.0. The van der Waals surface area contributed by atoms with Gasteiger partial charge in [0.2, 0.25) is 5.91 Å². The molecule has 2 fully saturated rings. The van der Waals surface area contributed by atoms with Crippen LogP contribution >= 0.6 is 0 Å². The van der Waals surface area contributed by atoms with E-state index < -0.39 is 54.0 Å². The zero-order valence-electron chi connectivity index (χ0n) is 29.8. The highest BCUT2D eigenvalue weighted by molar-refractivity contribution is 6.04. The molecule has 274 valence electrons. The number of anilines is 2. The van der Waals surface area contributed by atoms with Gasteiger partial charge >= 0.3 is 12.2 Å². The average molecular weight is 708 g/mol. The van der Waals surface area contributed by atoms with Crippen molar-refractivity contribution < 1.29 is 48.0 Å². The molecule has 2 saturated heterocycles. The fourth-order valence-corrected chi connectivity index (χ4v) is 5.30. The number of aliphatic hydroxyl groups is 1. The van der Waals surface area contributed by atoms with Gasteiger partial charge in [-0.1, -0.05) is 12.1 Å². The molecule has 2 heterocycles. The van der Waals surface area contributed by atoms with E-state index in [0.717, 1.165) is 0 Å². The number of carbonyl (C=O) groups is 5. The number of nitriles is 1. The smallest absolute Gasteiger partial charge is 0.420 e. The molecule has 0 unspecified atom stereocenters. The number of amides is 5. The van der Waals surface area contributed by atoms with E-state index in [0.29, 0.717) is 42.5 Å². The summed E-state index contributed by atoms with van der Waals surface area (Å²) in [5.74, 6) is -1.67. The summed E-state index contributed by atoms with van der Waals surface area (Å²) in [7, 11) is 0. The third-order valence-corrected chi connectivity index (χ3v) is 7.67. The van der Waals surface area contributed by atoms with Crippen LogP contribution < -0.4 is 10.2 Å². The zero-order valence-corrected chi connectivity index (χ0v) is 29.8. The van der Waals surface area contributed by atoms with Crippen LogP contribution in [0, 0.1) is 11.3 Å². The standard InChI is InChI=1S/C36H45N5O10/c1-35(2,3)50-33(46)41(34(47)51-36(4,5)6)22-25-20-26(11-10-24(25)21-37)38-31(44)29(43)30-32(45)40(14-17-49-30)27-9-7-8-23(18-27)19-28(42)39-12-15-48-16-13-39/h7-11,18,20,29-30,43H,12-17,19,22H2,1-6H3,(H,38,44)/t29-,30-/m1/s1. The largest absolute Gasteiger partial charge is 0.443 e. The Hall–Kier alpha value is -5.04. The summed E-state index contributed by atoms with van der Waals surface area (Å²) in [5.41, 5.74) is -0.318. The van der Waals surface area contributed by atoms with Gasteiger partial charge in [-0.15, -0.1) is 0 Å². The molecule has 2 N–H and O–H groups in total. The van der Waals surface area contributed by atoms with Crippen molar-refractivity contribution in [2.45, 2.75) is 77.9 Å². The van der Waals surface area contributed by atoms with Crippen LogP contribution in [0.3, 0.4) is 0 Å². The molecule has 2 aliphatic heterocycles. The molecule has 2 atom stereocenters. The number of rotatable bonds is 8. The van der Waals surface area contributed by atoms with Crippen molar-refractivity contribution >= 4 is 41.3 Å². The van der Waals surface area contributed by atoms with E-state index in [4.69, 9.17) is 18.9 Å². The van der Waals surface area contributed by atoms with Crippen LogP contribution in [0.2, 0.25) is 0 Å². The number of carbonyl (C=O) groups excluding carboxylic acids is 5. The lowest BCUT2D eigenvalue weighted by molar-refractivity contribution is -0.150. The number of morpholine rings is 2. The maximum atomic E-state index is 13.5. The van der Waals surface area contributed by atoms with Crippen LogP contribution in [0.15, 0.2) is 42.5 Å². The van der Waals surface area contributed by atoms with Crippen molar-refractivity contribution in [2.75, 3.05) is 49.7 Å². The molecule has 2 aromatic carbocycles. The molecule has 0 bridgehead atoms. The number of nitrogens with one attached hydrogen (secondary N) is 1. The second kappa shape index (κ2) is 16.3. The number of ether oxygens (including phenoxy) is 4. The first-order valence-electron chi connectivity index (χ1n) is 16.6. The molecule has 0 aliphatic carbocycles. The van der Waals surface area contributed by atoms with Gasteiger partial charge in [-0.05, 0) is 83.0 Å². The lowest BCUT2D eigenvalue weighted by Crippen LogP contribution is -2.55.